The van der Waals surface area contributed by atoms with Gasteiger partial charge in [0.25, 0.3) is 0 Å². The molecule has 0 aliphatic carbocycles. The van der Waals surface area contributed by atoms with Gasteiger partial charge in [0.1, 0.15) is 0 Å². The Bertz CT molecular complexity index is 1280. The Labute approximate surface area is 213 Å². The minimum atomic E-state index is -0.464. The standard InChI is InChI=1S/C25H27FIN6O2/c1-35-24-16(26)5-2-6-18(24)31-23-20-22-17(11-30-25(20)34)27-33-9-3-4-14(13-33)10-29-19-12-28-8-7-15(19)21(23)32-22/h2,5-8,12,14,17,29,31-32H,3-4,9-11,13H2,1H3,(H,30,34)/q-1/t14?,17-/m0/s1. The summed E-state index contributed by atoms with van der Waals surface area (Å²) < 4.78 is 22.7. The van der Waals surface area contributed by atoms with Crippen molar-refractivity contribution in [3.63, 3.8) is 0 Å². The first-order valence-electron chi connectivity index (χ1n) is 11.8. The Morgan fingerprint density at radius 2 is 2.17 bits per heavy atom. The van der Waals surface area contributed by atoms with Gasteiger partial charge < -0.3 is 0 Å². The van der Waals surface area contributed by atoms with E-state index in [1.807, 2.05) is 12.3 Å². The van der Waals surface area contributed by atoms with Crippen molar-refractivity contribution in [3.05, 3.63) is 53.7 Å². The molecule has 2 unspecified atom stereocenters. The second-order valence-electron chi connectivity index (χ2n) is 9.06. The van der Waals surface area contributed by atoms with Crippen molar-refractivity contribution in [1.82, 2.24) is 18.4 Å². The van der Waals surface area contributed by atoms with E-state index in [1.54, 1.807) is 18.3 Å². The molecule has 0 radical (unpaired) electrons. The average Bonchev–Trinajstić information content (AvgIpc) is 3.25. The molecule has 1 saturated heterocycles. The van der Waals surface area contributed by atoms with E-state index >= 15 is 0 Å². The number of rotatable bonds is 3. The van der Waals surface area contributed by atoms with Crippen molar-refractivity contribution in [2.24, 2.45) is 5.92 Å². The normalized spacial score (nSPS) is 23.4. The van der Waals surface area contributed by atoms with Gasteiger partial charge >= 0.3 is 214 Å². The average molecular weight is 589 g/mol. The first-order chi connectivity index (χ1) is 17.1. The Balaban J connectivity index is 1.55. The Kier molecular flexibility index (Phi) is 6.01. The molecule has 3 aliphatic rings. The number of carbonyl (C=O) groups excluding carboxylic acids is 1. The number of methoxy groups -OCH3 is 1. The van der Waals surface area contributed by atoms with Crippen molar-refractivity contribution >= 4 is 23.0 Å². The monoisotopic (exact) mass is 589 g/mol. The number of ether oxygens (including phenoxy) is 1. The summed E-state index contributed by atoms with van der Waals surface area (Å²) in [5.41, 5.74) is 5.26. The van der Waals surface area contributed by atoms with Gasteiger partial charge in [0, 0.05) is 0 Å². The van der Waals surface area contributed by atoms with Crippen molar-refractivity contribution < 1.29 is 35.4 Å². The zero-order valence-electron chi connectivity index (χ0n) is 19.3. The van der Waals surface area contributed by atoms with Gasteiger partial charge in [-0.1, -0.05) is 0 Å². The van der Waals surface area contributed by atoms with Crippen LogP contribution in [0.3, 0.4) is 0 Å². The number of pyridine rings is 1. The molecular formula is C25H27FIN6O2-. The third kappa shape index (κ3) is 4.12. The fourth-order valence-corrected chi connectivity index (χ4v) is 8.68. The van der Waals surface area contributed by atoms with Crippen LogP contribution in [-0.4, -0.2) is 52.3 Å². The van der Waals surface area contributed by atoms with Crippen molar-refractivity contribution in [2.75, 3.05) is 43.9 Å². The third-order valence-corrected chi connectivity index (χ3v) is 10.2. The van der Waals surface area contributed by atoms with Gasteiger partial charge in [0.15, 0.2) is 0 Å². The quantitative estimate of drug-likeness (QED) is 0.206. The molecule has 184 valence electrons. The molecule has 3 aliphatic heterocycles. The van der Waals surface area contributed by atoms with Crippen LogP contribution >= 0.6 is 0 Å². The van der Waals surface area contributed by atoms with Gasteiger partial charge in [-0.05, 0) is 0 Å². The zero-order chi connectivity index (χ0) is 23.9. The minimum absolute atomic E-state index is 0.111. The Hall–Kier alpha value is -2.86. The predicted octanol–water partition coefficient (Wildman–Crippen LogP) is 0.894. The second kappa shape index (κ2) is 9.30. The molecule has 3 aromatic rings. The van der Waals surface area contributed by atoms with Gasteiger partial charge in [-0.2, -0.15) is 0 Å². The van der Waals surface area contributed by atoms with Crippen LogP contribution in [-0.2, 0) is 0 Å². The van der Waals surface area contributed by atoms with E-state index in [-0.39, 0.29) is 37.1 Å². The number of aromatic nitrogens is 2. The molecular weight excluding hydrogens is 562 g/mol. The second-order valence-corrected chi connectivity index (χ2v) is 12.5. The Morgan fingerprint density at radius 3 is 3.06 bits per heavy atom. The van der Waals surface area contributed by atoms with E-state index in [0.29, 0.717) is 29.4 Å². The molecule has 4 N–H and O–H groups in total. The summed E-state index contributed by atoms with van der Waals surface area (Å²) in [5, 5.41) is 10.1. The molecule has 0 spiro atoms. The van der Waals surface area contributed by atoms with Crippen LogP contribution in [0.1, 0.15) is 32.8 Å². The van der Waals surface area contributed by atoms with Crippen molar-refractivity contribution in [1.29, 1.82) is 0 Å². The maximum absolute atomic E-state index is 14.5. The van der Waals surface area contributed by atoms with Crippen molar-refractivity contribution in [3.8, 4) is 17.0 Å². The molecule has 1 aromatic carbocycles. The molecule has 10 heteroatoms. The number of fused-ring (bicyclic) bond motifs is 5. The van der Waals surface area contributed by atoms with Crippen LogP contribution in [0.15, 0.2) is 36.7 Å². The molecule has 4 bridgehead atoms. The fourth-order valence-electron chi connectivity index (χ4n) is 5.17. The van der Waals surface area contributed by atoms with Crippen LogP contribution in [0.25, 0.3) is 11.3 Å². The van der Waals surface area contributed by atoms with Crippen LogP contribution in [0.5, 0.6) is 5.75 Å². The number of halogens is 2. The fraction of sp³-hybridized carbons (Fsp3) is 0.360. The van der Waals surface area contributed by atoms with E-state index < -0.39 is 5.82 Å². The number of hydrogen-bond donors (Lipinski definition) is 4. The molecule has 1 amide bonds. The molecule has 5 heterocycles. The van der Waals surface area contributed by atoms with E-state index in [0.717, 1.165) is 42.3 Å². The van der Waals surface area contributed by atoms with Gasteiger partial charge in [-0.15, -0.1) is 0 Å². The van der Waals surface area contributed by atoms with E-state index in [4.69, 9.17) is 4.74 Å². The zero-order valence-corrected chi connectivity index (χ0v) is 21.5. The summed E-state index contributed by atoms with van der Waals surface area (Å²) in [4.78, 5) is 21.2. The molecule has 1 fully saturated rings. The number of benzene rings is 1. The number of amides is 1. The van der Waals surface area contributed by atoms with Gasteiger partial charge in [0.05, 0.1) is 0 Å². The molecule has 35 heavy (non-hydrogen) atoms. The van der Waals surface area contributed by atoms with E-state index in [2.05, 4.69) is 29.0 Å². The maximum atomic E-state index is 14.5. The summed E-state index contributed by atoms with van der Waals surface area (Å²) in [7, 11) is 1.44. The number of carbonyl (C=O) groups is 1. The number of hydrogen-bond acceptors (Lipinski definition) is 6. The number of anilines is 3. The number of nitrogens with zero attached hydrogens (tertiary/aromatic N) is 2. The molecule has 8 nitrogen and oxygen atoms in total. The molecule has 6 rings (SSSR count). The summed E-state index contributed by atoms with van der Waals surface area (Å²) in [6, 6.07) is 6.69. The summed E-state index contributed by atoms with van der Waals surface area (Å²) in [5.74, 6) is 0.0975. The predicted molar refractivity (Wildman–Crippen MR) is 128 cm³/mol. The number of piperidine rings is 1. The topological polar surface area (TPSA) is 94.3 Å². The van der Waals surface area contributed by atoms with Gasteiger partial charge in [-0.25, -0.2) is 0 Å². The third-order valence-electron chi connectivity index (χ3n) is 6.84. The Morgan fingerprint density at radius 1 is 1.26 bits per heavy atom. The number of nitrogens with one attached hydrogen (secondary N) is 4. The number of alkyl halides is 1. The van der Waals surface area contributed by atoms with Crippen LogP contribution in [0, 0.1) is 11.7 Å². The first kappa shape index (κ1) is 22.6. The van der Waals surface area contributed by atoms with Gasteiger partial charge in [-0.3, -0.25) is 0 Å². The first-order valence-corrected chi connectivity index (χ1v) is 14.0. The van der Waals surface area contributed by atoms with Crippen LogP contribution < -0.4 is 42.2 Å². The van der Waals surface area contributed by atoms with E-state index in [1.165, 1.54) is 26.0 Å². The number of aromatic amines is 1. The molecule has 2 aromatic heterocycles. The SMILES string of the molecule is COc1c(F)cccc1Nc1c2[nH]c3c1C(=O)NC[C@@H]3[I-]N1CCCC(CNc3cnccc3-2)C1. The molecule has 0 saturated carbocycles. The van der Waals surface area contributed by atoms with Crippen LogP contribution in [0.4, 0.5) is 21.5 Å². The number of H-pyrrole nitrogens is 1. The summed E-state index contributed by atoms with van der Waals surface area (Å²) >= 11 is -0.349. The van der Waals surface area contributed by atoms with Crippen molar-refractivity contribution in [2.45, 2.75) is 16.8 Å². The van der Waals surface area contributed by atoms with Crippen LogP contribution in [0.2, 0.25) is 0 Å². The summed E-state index contributed by atoms with van der Waals surface area (Å²) in [6.07, 6.45) is 6.00. The van der Waals surface area contributed by atoms with E-state index in [9.17, 15) is 9.18 Å². The van der Waals surface area contributed by atoms with Gasteiger partial charge in [0.2, 0.25) is 0 Å². The number of para-hydroxylation sites is 1. The molecule has 3 atom stereocenters. The summed E-state index contributed by atoms with van der Waals surface area (Å²) in [6.45, 7) is 3.70.